The summed E-state index contributed by atoms with van der Waals surface area (Å²) in [6.45, 7) is 2.38. The SMILES string of the molecule is Cl.NCC1CCCN(C(=O)Cc2cccc(Br)c2)C1. The van der Waals surface area contributed by atoms with Gasteiger partial charge >= 0.3 is 0 Å². The maximum Gasteiger partial charge on any atom is 0.226 e. The molecule has 0 saturated carbocycles. The van der Waals surface area contributed by atoms with Crippen LogP contribution in [0.5, 0.6) is 0 Å². The van der Waals surface area contributed by atoms with Gasteiger partial charge in [0.15, 0.2) is 0 Å². The lowest BCUT2D eigenvalue weighted by atomic mass is 9.97. The lowest BCUT2D eigenvalue weighted by Crippen LogP contribution is -2.42. The highest BCUT2D eigenvalue weighted by atomic mass is 79.9. The Bertz CT molecular complexity index is 428. The van der Waals surface area contributed by atoms with E-state index in [-0.39, 0.29) is 18.3 Å². The van der Waals surface area contributed by atoms with Crippen molar-refractivity contribution in [2.75, 3.05) is 19.6 Å². The zero-order chi connectivity index (χ0) is 13.0. The predicted octanol–water partition coefficient (Wildman–Crippen LogP) is 2.61. The van der Waals surface area contributed by atoms with Crippen molar-refractivity contribution in [3.05, 3.63) is 34.3 Å². The summed E-state index contributed by atoms with van der Waals surface area (Å²) in [7, 11) is 0. The van der Waals surface area contributed by atoms with Gasteiger partial charge in [0, 0.05) is 17.6 Å². The molecule has 1 aromatic rings. The number of carbonyl (C=O) groups is 1. The van der Waals surface area contributed by atoms with E-state index in [0.29, 0.717) is 18.9 Å². The molecule has 5 heteroatoms. The first-order chi connectivity index (χ1) is 8.69. The second-order valence-electron chi connectivity index (χ2n) is 4.89. The normalized spacial score (nSPS) is 18.8. The van der Waals surface area contributed by atoms with Crippen molar-refractivity contribution < 1.29 is 4.79 Å². The average Bonchev–Trinajstić information content (AvgIpc) is 2.39. The lowest BCUT2D eigenvalue weighted by Gasteiger charge is -2.32. The highest BCUT2D eigenvalue weighted by molar-refractivity contribution is 9.10. The summed E-state index contributed by atoms with van der Waals surface area (Å²) >= 11 is 3.43. The van der Waals surface area contributed by atoms with Gasteiger partial charge in [0.2, 0.25) is 5.91 Å². The smallest absolute Gasteiger partial charge is 0.226 e. The molecule has 1 atom stereocenters. The standard InChI is InChI=1S/C14H19BrN2O.ClH/c15-13-5-1-3-11(7-13)8-14(18)17-6-2-4-12(9-16)10-17;/h1,3,5,7,12H,2,4,6,8-10,16H2;1H. The molecule has 1 unspecified atom stereocenters. The molecule has 106 valence electrons. The van der Waals surface area contributed by atoms with Crippen LogP contribution in [-0.4, -0.2) is 30.4 Å². The monoisotopic (exact) mass is 346 g/mol. The lowest BCUT2D eigenvalue weighted by molar-refractivity contribution is -0.132. The summed E-state index contributed by atoms with van der Waals surface area (Å²) in [5.74, 6) is 0.691. The first-order valence-electron chi connectivity index (χ1n) is 6.41. The van der Waals surface area contributed by atoms with Gasteiger partial charge in [0.05, 0.1) is 6.42 Å². The fourth-order valence-electron chi connectivity index (χ4n) is 2.42. The second-order valence-corrected chi connectivity index (χ2v) is 5.81. The molecule has 0 radical (unpaired) electrons. The molecule has 19 heavy (non-hydrogen) atoms. The van der Waals surface area contributed by atoms with Crippen LogP contribution in [0.15, 0.2) is 28.7 Å². The second kappa shape index (κ2) is 7.88. The van der Waals surface area contributed by atoms with E-state index in [1.807, 2.05) is 29.2 Å². The van der Waals surface area contributed by atoms with Gasteiger partial charge in [0.25, 0.3) is 0 Å². The van der Waals surface area contributed by atoms with E-state index in [1.54, 1.807) is 0 Å². The van der Waals surface area contributed by atoms with E-state index in [1.165, 1.54) is 0 Å². The average molecular weight is 348 g/mol. The Balaban J connectivity index is 0.00000180. The largest absolute Gasteiger partial charge is 0.342 e. The molecule has 2 N–H and O–H groups in total. The zero-order valence-electron chi connectivity index (χ0n) is 10.8. The molecule has 0 aromatic heterocycles. The third kappa shape index (κ3) is 4.79. The number of amides is 1. The molecule has 1 aliphatic rings. The molecule has 1 saturated heterocycles. The summed E-state index contributed by atoms with van der Waals surface area (Å²) in [6, 6.07) is 7.93. The summed E-state index contributed by atoms with van der Waals surface area (Å²) in [5, 5.41) is 0. The number of hydrogen-bond donors (Lipinski definition) is 1. The third-order valence-electron chi connectivity index (χ3n) is 3.45. The van der Waals surface area contributed by atoms with Crippen LogP contribution < -0.4 is 5.73 Å². The van der Waals surface area contributed by atoms with Gasteiger partial charge in [-0.3, -0.25) is 4.79 Å². The zero-order valence-corrected chi connectivity index (χ0v) is 13.3. The number of halogens is 2. The molecular weight excluding hydrogens is 328 g/mol. The van der Waals surface area contributed by atoms with Crippen LogP contribution in [0.2, 0.25) is 0 Å². The van der Waals surface area contributed by atoms with Gasteiger partial charge in [-0.1, -0.05) is 28.1 Å². The molecule has 0 aliphatic carbocycles. The van der Waals surface area contributed by atoms with Crippen LogP contribution in [-0.2, 0) is 11.2 Å². The maximum atomic E-state index is 12.2. The van der Waals surface area contributed by atoms with Crippen LogP contribution in [0.25, 0.3) is 0 Å². The van der Waals surface area contributed by atoms with Gasteiger partial charge in [-0.25, -0.2) is 0 Å². The van der Waals surface area contributed by atoms with Crippen LogP contribution in [0.1, 0.15) is 18.4 Å². The molecule has 1 aromatic carbocycles. The molecule has 0 bridgehead atoms. The first-order valence-corrected chi connectivity index (χ1v) is 7.20. The fourth-order valence-corrected chi connectivity index (χ4v) is 2.86. The number of nitrogens with two attached hydrogens (primary N) is 1. The molecule has 1 fully saturated rings. The van der Waals surface area contributed by atoms with Crippen LogP contribution >= 0.6 is 28.3 Å². The minimum atomic E-state index is 0. The molecular formula is C14H20BrClN2O. The summed E-state index contributed by atoms with van der Waals surface area (Å²) in [5.41, 5.74) is 6.75. The van der Waals surface area contributed by atoms with Crippen molar-refractivity contribution in [1.82, 2.24) is 4.90 Å². The Labute approximate surface area is 129 Å². The third-order valence-corrected chi connectivity index (χ3v) is 3.94. The Morgan fingerprint density at radius 1 is 1.47 bits per heavy atom. The van der Waals surface area contributed by atoms with Crippen molar-refractivity contribution in [3.63, 3.8) is 0 Å². The van der Waals surface area contributed by atoms with E-state index >= 15 is 0 Å². The van der Waals surface area contributed by atoms with Crippen molar-refractivity contribution in [3.8, 4) is 0 Å². The minimum absolute atomic E-state index is 0. The van der Waals surface area contributed by atoms with Crippen molar-refractivity contribution in [1.29, 1.82) is 0 Å². The van der Waals surface area contributed by atoms with Crippen molar-refractivity contribution >= 4 is 34.2 Å². The number of benzene rings is 1. The molecule has 0 spiro atoms. The topological polar surface area (TPSA) is 46.3 Å². The van der Waals surface area contributed by atoms with Gasteiger partial charge in [-0.05, 0) is 43.0 Å². The number of hydrogen-bond acceptors (Lipinski definition) is 2. The summed E-state index contributed by atoms with van der Waals surface area (Å²) in [6.07, 6.45) is 2.71. The number of nitrogens with zero attached hydrogens (tertiary/aromatic N) is 1. The Morgan fingerprint density at radius 3 is 2.95 bits per heavy atom. The first kappa shape index (κ1) is 16.5. The predicted molar refractivity (Wildman–Crippen MR) is 83.5 cm³/mol. The highest BCUT2D eigenvalue weighted by Gasteiger charge is 2.22. The van der Waals surface area contributed by atoms with Gasteiger partial charge < -0.3 is 10.6 Å². The number of rotatable bonds is 3. The van der Waals surface area contributed by atoms with Crippen LogP contribution in [0.3, 0.4) is 0 Å². The quantitative estimate of drug-likeness (QED) is 0.913. The Hall–Kier alpha value is -0.580. The van der Waals surface area contributed by atoms with Crippen molar-refractivity contribution in [2.24, 2.45) is 11.7 Å². The van der Waals surface area contributed by atoms with Gasteiger partial charge in [-0.15, -0.1) is 12.4 Å². The van der Waals surface area contributed by atoms with Gasteiger partial charge in [-0.2, -0.15) is 0 Å². The Kier molecular flexibility index (Phi) is 6.83. The fraction of sp³-hybridized carbons (Fsp3) is 0.500. The Morgan fingerprint density at radius 2 is 2.26 bits per heavy atom. The maximum absolute atomic E-state index is 12.2. The van der Waals surface area contributed by atoms with E-state index in [9.17, 15) is 4.79 Å². The van der Waals surface area contributed by atoms with Crippen LogP contribution in [0.4, 0.5) is 0 Å². The number of piperidine rings is 1. The molecule has 1 amide bonds. The molecule has 1 aliphatic heterocycles. The molecule has 2 rings (SSSR count). The highest BCUT2D eigenvalue weighted by Crippen LogP contribution is 2.17. The van der Waals surface area contributed by atoms with E-state index in [0.717, 1.165) is 36.0 Å². The number of carbonyl (C=O) groups excluding carboxylic acids is 1. The minimum Gasteiger partial charge on any atom is -0.342 e. The number of likely N-dealkylation sites (tertiary alicyclic amines) is 1. The van der Waals surface area contributed by atoms with E-state index in [4.69, 9.17) is 5.73 Å². The van der Waals surface area contributed by atoms with Gasteiger partial charge in [0.1, 0.15) is 0 Å². The van der Waals surface area contributed by atoms with Crippen molar-refractivity contribution in [2.45, 2.75) is 19.3 Å². The summed E-state index contributed by atoms with van der Waals surface area (Å²) in [4.78, 5) is 14.2. The van der Waals surface area contributed by atoms with E-state index in [2.05, 4.69) is 15.9 Å². The summed E-state index contributed by atoms with van der Waals surface area (Å²) < 4.78 is 1.02. The molecule has 1 heterocycles. The van der Waals surface area contributed by atoms with E-state index < -0.39 is 0 Å². The van der Waals surface area contributed by atoms with Crippen LogP contribution in [0, 0.1) is 5.92 Å². The molecule has 3 nitrogen and oxygen atoms in total.